The lowest BCUT2D eigenvalue weighted by Crippen LogP contribution is -2.46. The molecule has 0 amide bonds. The van der Waals surface area contributed by atoms with Crippen molar-refractivity contribution in [3.05, 3.63) is 59.0 Å². The molecule has 0 N–H and O–H groups in total. The predicted octanol–water partition coefficient (Wildman–Crippen LogP) is 4.17. The lowest BCUT2D eigenvalue weighted by atomic mass is 9.69. The Morgan fingerprint density at radius 1 is 1.35 bits per heavy atom. The normalized spacial score (nSPS) is 24.4. The number of esters is 1. The summed E-state index contributed by atoms with van der Waals surface area (Å²) in [7, 11) is 0. The number of hydrogen-bond acceptors (Lipinski definition) is 4. The molecule has 23 heavy (non-hydrogen) atoms. The number of hydrogen-bond donors (Lipinski definition) is 0. The third kappa shape index (κ3) is 2.91. The van der Waals surface area contributed by atoms with Gasteiger partial charge in [0, 0.05) is 5.02 Å². The molecular weight excluding hydrogens is 316 g/mol. The van der Waals surface area contributed by atoms with Crippen molar-refractivity contribution in [2.24, 2.45) is 0 Å². The first kappa shape index (κ1) is 15.8. The fraction of sp³-hybridized carbons (Fsp3) is 0.333. The van der Waals surface area contributed by atoms with Crippen LogP contribution in [0.4, 0.5) is 0 Å². The Hall–Kier alpha value is -2.07. The minimum absolute atomic E-state index is 0.103. The fourth-order valence-corrected chi connectivity index (χ4v) is 3.46. The molecule has 5 heteroatoms. The molecule has 0 aliphatic heterocycles. The van der Waals surface area contributed by atoms with Crippen molar-refractivity contribution < 1.29 is 18.7 Å². The van der Waals surface area contributed by atoms with E-state index in [1.54, 1.807) is 6.07 Å². The Labute approximate surface area is 139 Å². The summed E-state index contributed by atoms with van der Waals surface area (Å²) in [6, 6.07) is 8.85. The van der Waals surface area contributed by atoms with E-state index in [0.717, 1.165) is 12.0 Å². The molecule has 0 saturated heterocycles. The van der Waals surface area contributed by atoms with Crippen LogP contribution >= 0.6 is 11.6 Å². The standard InChI is InChI=1S/C18H17ClO4/c1-18(13-5-2-3-6-14(13)19)9-4-7-15(16(18)20)23-17(21)12-8-10-22-11-12/h2-3,5-6,8,10-11,15H,4,7,9H2,1H3/t15-,18+/m1/s1. The quantitative estimate of drug-likeness (QED) is 0.791. The zero-order valence-corrected chi connectivity index (χ0v) is 13.5. The number of rotatable bonds is 3. The molecule has 0 spiro atoms. The average molecular weight is 333 g/mol. The highest BCUT2D eigenvalue weighted by Gasteiger charge is 2.45. The van der Waals surface area contributed by atoms with E-state index in [4.69, 9.17) is 20.8 Å². The van der Waals surface area contributed by atoms with Crippen molar-refractivity contribution in [3.8, 4) is 0 Å². The van der Waals surface area contributed by atoms with Crippen LogP contribution in [0, 0.1) is 0 Å². The Bertz CT molecular complexity index is 722. The summed E-state index contributed by atoms with van der Waals surface area (Å²) in [5, 5.41) is 0.560. The summed E-state index contributed by atoms with van der Waals surface area (Å²) in [5.41, 5.74) is 0.358. The van der Waals surface area contributed by atoms with Gasteiger partial charge in [0.1, 0.15) is 6.26 Å². The number of ether oxygens (including phenoxy) is 1. The molecule has 1 fully saturated rings. The van der Waals surface area contributed by atoms with Crippen molar-refractivity contribution in [1.82, 2.24) is 0 Å². The highest BCUT2D eigenvalue weighted by Crippen LogP contribution is 2.40. The van der Waals surface area contributed by atoms with Crippen molar-refractivity contribution >= 4 is 23.4 Å². The fourth-order valence-electron chi connectivity index (χ4n) is 3.12. The number of furan rings is 1. The zero-order valence-electron chi connectivity index (χ0n) is 12.8. The molecule has 1 heterocycles. The summed E-state index contributed by atoms with van der Waals surface area (Å²) in [4.78, 5) is 25.0. The Morgan fingerprint density at radius 2 is 2.13 bits per heavy atom. The molecule has 1 aromatic carbocycles. The van der Waals surface area contributed by atoms with E-state index >= 15 is 0 Å². The molecule has 0 unspecified atom stereocenters. The van der Waals surface area contributed by atoms with Gasteiger partial charge in [-0.25, -0.2) is 4.79 Å². The molecule has 1 aliphatic carbocycles. The van der Waals surface area contributed by atoms with Gasteiger partial charge in [0.15, 0.2) is 11.9 Å². The van der Waals surface area contributed by atoms with Crippen LogP contribution in [-0.4, -0.2) is 17.9 Å². The van der Waals surface area contributed by atoms with Gasteiger partial charge in [-0.05, 0) is 43.9 Å². The van der Waals surface area contributed by atoms with E-state index in [0.29, 0.717) is 23.4 Å². The largest absolute Gasteiger partial charge is 0.472 e. The van der Waals surface area contributed by atoms with E-state index in [1.807, 2.05) is 25.1 Å². The third-order valence-electron chi connectivity index (χ3n) is 4.45. The van der Waals surface area contributed by atoms with Crippen molar-refractivity contribution in [1.29, 1.82) is 0 Å². The number of Topliss-reactive ketones (excluding diaryl/α,β-unsaturated/α-hetero) is 1. The molecule has 120 valence electrons. The zero-order chi connectivity index (χ0) is 16.4. The molecule has 0 radical (unpaired) electrons. The second-order valence-electron chi connectivity index (χ2n) is 5.97. The molecule has 1 aromatic heterocycles. The maximum Gasteiger partial charge on any atom is 0.342 e. The molecule has 1 saturated carbocycles. The minimum atomic E-state index is -0.757. The monoisotopic (exact) mass is 332 g/mol. The number of halogens is 1. The molecule has 0 bridgehead atoms. The van der Waals surface area contributed by atoms with Gasteiger partial charge in [0.05, 0.1) is 17.2 Å². The number of carbonyl (C=O) groups excluding carboxylic acids is 2. The lowest BCUT2D eigenvalue weighted by Gasteiger charge is -2.37. The van der Waals surface area contributed by atoms with Gasteiger partial charge in [-0.3, -0.25) is 4.79 Å². The Kier molecular flexibility index (Phi) is 4.26. The van der Waals surface area contributed by atoms with Gasteiger partial charge in [0.25, 0.3) is 0 Å². The number of ketones is 1. The highest BCUT2D eigenvalue weighted by molar-refractivity contribution is 6.31. The smallest absolute Gasteiger partial charge is 0.342 e. The summed E-state index contributed by atoms with van der Waals surface area (Å²) in [6.07, 6.45) is 3.96. The second kappa shape index (κ2) is 6.20. The maximum atomic E-state index is 12.9. The Morgan fingerprint density at radius 3 is 2.83 bits per heavy atom. The minimum Gasteiger partial charge on any atom is -0.472 e. The molecule has 2 aromatic rings. The summed E-state index contributed by atoms with van der Waals surface area (Å²) in [5.74, 6) is -0.644. The van der Waals surface area contributed by atoms with E-state index in [2.05, 4.69) is 0 Å². The van der Waals surface area contributed by atoms with E-state index in [1.165, 1.54) is 18.6 Å². The van der Waals surface area contributed by atoms with Crippen LogP contribution in [0.25, 0.3) is 0 Å². The SMILES string of the molecule is C[C@@]1(c2ccccc2Cl)CCC[C@@H](OC(=O)c2ccoc2)C1=O. The van der Waals surface area contributed by atoms with Gasteiger partial charge < -0.3 is 9.15 Å². The van der Waals surface area contributed by atoms with Gasteiger partial charge in [-0.1, -0.05) is 29.8 Å². The number of carbonyl (C=O) groups is 2. The molecule has 3 rings (SSSR count). The van der Waals surface area contributed by atoms with Crippen molar-refractivity contribution in [2.45, 2.75) is 37.7 Å². The van der Waals surface area contributed by atoms with Gasteiger partial charge in [0.2, 0.25) is 0 Å². The summed E-state index contributed by atoms with van der Waals surface area (Å²) >= 11 is 6.27. The van der Waals surface area contributed by atoms with Crippen LogP contribution in [-0.2, 0) is 14.9 Å². The van der Waals surface area contributed by atoms with Crippen LogP contribution < -0.4 is 0 Å². The van der Waals surface area contributed by atoms with Crippen LogP contribution in [0.3, 0.4) is 0 Å². The van der Waals surface area contributed by atoms with Crippen molar-refractivity contribution in [2.75, 3.05) is 0 Å². The molecule has 4 nitrogen and oxygen atoms in total. The summed E-state index contributed by atoms with van der Waals surface area (Å²) < 4.78 is 10.3. The first-order valence-corrected chi connectivity index (χ1v) is 7.92. The highest BCUT2D eigenvalue weighted by atomic mass is 35.5. The predicted molar refractivity (Wildman–Crippen MR) is 85.6 cm³/mol. The molecule has 1 aliphatic rings. The number of benzene rings is 1. The topological polar surface area (TPSA) is 56.5 Å². The average Bonchev–Trinajstić information content (AvgIpc) is 3.07. The third-order valence-corrected chi connectivity index (χ3v) is 4.78. The molecule has 2 atom stereocenters. The van der Waals surface area contributed by atoms with E-state index in [9.17, 15) is 9.59 Å². The van der Waals surface area contributed by atoms with Crippen LogP contribution in [0.15, 0.2) is 47.3 Å². The lowest BCUT2D eigenvalue weighted by molar-refractivity contribution is -0.136. The summed E-state index contributed by atoms with van der Waals surface area (Å²) in [6.45, 7) is 1.87. The van der Waals surface area contributed by atoms with Crippen LogP contribution in [0.1, 0.15) is 42.1 Å². The van der Waals surface area contributed by atoms with Crippen molar-refractivity contribution in [3.63, 3.8) is 0 Å². The second-order valence-corrected chi connectivity index (χ2v) is 6.38. The molecular formula is C18H17ClO4. The van der Waals surface area contributed by atoms with Gasteiger partial charge >= 0.3 is 5.97 Å². The van der Waals surface area contributed by atoms with Gasteiger partial charge in [-0.15, -0.1) is 0 Å². The van der Waals surface area contributed by atoms with Crippen LogP contribution in [0.5, 0.6) is 0 Å². The first-order chi connectivity index (χ1) is 11.0. The maximum absolute atomic E-state index is 12.9. The van der Waals surface area contributed by atoms with E-state index < -0.39 is 17.5 Å². The Balaban J connectivity index is 1.84. The van der Waals surface area contributed by atoms with Gasteiger partial charge in [-0.2, -0.15) is 0 Å². The van der Waals surface area contributed by atoms with Crippen LogP contribution in [0.2, 0.25) is 5.02 Å². The van der Waals surface area contributed by atoms with E-state index in [-0.39, 0.29) is 5.78 Å². The first-order valence-electron chi connectivity index (χ1n) is 7.55.